The molecule has 1 aliphatic heterocycles. The molecule has 3 rings (SSSR count). The first-order valence-corrected chi connectivity index (χ1v) is 9.56. The third-order valence-corrected chi connectivity index (χ3v) is 5.24. The molecule has 0 atom stereocenters. The van der Waals surface area contributed by atoms with Crippen molar-refractivity contribution in [2.45, 2.75) is 17.7 Å². The number of likely N-dealkylation sites (tertiary alicyclic amines) is 1. The summed E-state index contributed by atoms with van der Waals surface area (Å²) in [6, 6.07) is 9.38. The largest absolute Gasteiger partial charge is 0.465 e. The van der Waals surface area contributed by atoms with Crippen molar-refractivity contribution in [1.29, 1.82) is 0 Å². The van der Waals surface area contributed by atoms with Gasteiger partial charge in [-0.15, -0.1) is 4.40 Å². The number of carbonyl (C=O) groups is 1. The fourth-order valence-corrected chi connectivity index (χ4v) is 3.63. The molecule has 0 aliphatic carbocycles. The molecule has 2 heterocycles. The van der Waals surface area contributed by atoms with Crippen molar-refractivity contribution in [1.82, 2.24) is 4.90 Å². The number of amides is 1. The molecule has 0 unspecified atom stereocenters. The van der Waals surface area contributed by atoms with Gasteiger partial charge in [0.1, 0.15) is 11.6 Å². The minimum absolute atomic E-state index is 0.0921. The second kappa shape index (κ2) is 7.57. The number of hydrogen-bond donors (Lipinski definition) is 1. The number of rotatable bonds is 5. The highest BCUT2D eigenvalue weighted by molar-refractivity contribution is 7.90. The highest BCUT2D eigenvalue weighted by Crippen LogP contribution is 2.19. The molecule has 0 spiro atoms. The van der Waals surface area contributed by atoms with Gasteiger partial charge in [-0.3, -0.25) is 4.79 Å². The van der Waals surface area contributed by atoms with Gasteiger partial charge in [-0.25, -0.2) is 0 Å². The molecule has 1 aromatic heterocycles. The van der Waals surface area contributed by atoms with E-state index in [0.717, 1.165) is 13.0 Å². The van der Waals surface area contributed by atoms with Gasteiger partial charge >= 0.3 is 0 Å². The number of amidine groups is 1. The first kappa shape index (κ1) is 17.9. The predicted molar refractivity (Wildman–Crippen MR) is 99.3 cm³/mol. The third kappa shape index (κ3) is 4.40. The van der Waals surface area contributed by atoms with Crippen LogP contribution in [0.15, 0.2) is 62.4 Å². The number of nitrogens with one attached hydrogen (secondary N) is 1. The van der Waals surface area contributed by atoms with Crippen molar-refractivity contribution >= 4 is 33.5 Å². The molecular formula is C18H19N3O4S. The normalized spacial score (nSPS) is 16.5. The van der Waals surface area contributed by atoms with Crippen LogP contribution in [0, 0.1) is 0 Å². The van der Waals surface area contributed by atoms with Crippen molar-refractivity contribution in [2.24, 2.45) is 4.40 Å². The van der Waals surface area contributed by atoms with Gasteiger partial charge in [-0.1, -0.05) is 0 Å². The number of benzene rings is 1. The molecule has 26 heavy (non-hydrogen) atoms. The summed E-state index contributed by atoms with van der Waals surface area (Å²) >= 11 is 0. The van der Waals surface area contributed by atoms with E-state index < -0.39 is 10.0 Å². The van der Waals surface area contributed by atoms with E-state index in [1.807, 2.05) is 11.9 Å². The van der Waals surface area contributed by atoms with Crippen LogP contribution in [0.1, 0.15) is 18.6 Å². The van der Waals surface area contributed by atoms with Crippen molar-refractivity contribution < 1.29 is 17.6 Å². The fourth-order valence-electron chi connectivity index (χ4n) is 2.54. The van der Waals surface area contributed by atoms with E-state index in [1.165, 1.54) is 36.6 Å². The van der Waals surface area contributed by atoms with Gasteiger partial charge in [0.25, 0.3) is 10.0 Å². The van der Waals surface area contributed by atoms with Gasteiger partial charge in [-0.2, -0.15) is 8.42 Å². The van der Waals surface area contributed by atoms with Crippen molar-refractivity contribution in [3.05, 3.63) is 54.5 Å². The van der Waals surface area contributed by atoms with Crippen LogP contribution in [-0.2, 0) is 14.8 Å². The summed E-state index contributed by atoms with van der Waals surface area (Å²) in [6.07, 6.45) is 5.96. The molecule has 1 fully saturated rings. The zero-order chi connectivity index (χ0) is 18.6. The van der Waals surface area contributed by atoms with Crippen LogP contribution >= 0.6 is 0 Å². The van der Waals surface area contributed by atoms with Crippen LogP contribution in [0.2, 0.25) is 0 Å². The Balaban J connectivity index is 1.67. The lowest BCUT2D eigenvalue weighted by Gasteiger charge is -2.11. The second-order valence-corrected chi connectivity index (χ2v) is 7.47. The minimum atomic E-state index is -3.75. The molecule has 0 radical (unpaired) electrons. The maximum atomic E-state index is 12.4. The summed E-state index contributed by atoms with van der Waals surface area (Å²) in [6.45, 7) is 0.810. The average Bonchev–Trinajstić information content (AvgIpc) is 3.26. The average molecular weight is 373 g/mol. The van der Waals surface area contributed by atoms with E-state index in [9.17, 15) is 13.2 Å². The van der Waals surface area contributed by atoms with Crippen molar-refractivity contribution in [3.63, 3.8) is 0 Å². The molecule has 2 aromatic rings. The van der Waals surface area contributed by atoms with Crippen LogP contribution in [-0.4, -0.2) is 38.7 Å². The lowest BCUT2D eigenvalue weighted by molar-refractivity contribution is -0.111. The van der Waals surface area contributed by atoms with Gasteiger partial charge in [0.2, 0.25) is 5.91 Å². The lowest BCUT2D eigenvalue weighted by Crippen LogP contribution is -2.20. The predicted octanol–water partition coefficient (Wildman–Crippen LogP) is 2.74. The van der Waals surface area contributed by atoms with E-state index in [2.05, 4.69) is 9.71 Å². The van der Waals surface area contributed by atoms with Gasteiger partial charge < -0.3 is 14.6 Å². The van der Waals surface area contributed by atoms with Gasteiger partial charge in [0.05, 0.1) is 11.2 Å². The molecule has 0 bridgehead atoms. The quantitative estimate of drug-likeness (QED) is 0.814. The third-order valence-electron chi connectivity index (χ3n) is 3.92. The van der Waals surface area contributed by atoms with Crippen LogP contribution in [0.5, 0.6) is 0 Å². The molecule has 1 aliphatic rings. The standard InChI is InChI=1S/C18H19N3O4S/c1-21-12-2-5-17(21)20-26(23,24)16-9-6-14(7-10-16)19-18(22)11-8-15-4-3-13-25-15/h3-4,6-11,13H,2,5,12H2,1H3,(H,19,22). The van der Waals surface area contributed by atoms with Crippen LogP contribution in [0.4, 0.5) is 5.69 Å². The van der Waals surface area contributed by atoms with E-state index >= 15 is 0 Å². The van der Waals surface area contributed by atoms with E-state index in [1.54, 1.807) is 18.2 Å². The lowest BCUT2D eigenvalue weighted by atomic mass is 10.3. The fraction of sp³-hybridized carbons (Fsp3) is 0.222. The number of anilines is 1. The zero-order valence-corrected chi connectivity index (χ0v) is 15.1. The van der Waals surface area contributed by atoms with Crippen molar-refractivity contribution in [3.8, 4) is 0 Å². The Bertz CT molecular complexity index is 929. The second-order valence-electron chi connectivity index (χ2n) is 5.87. The van der Waals surface area contributed by atoms with Crippen LogP contribution < -0.4 is 5.32 Å². The Labute approximate surface area is 152 Å². The van der Waals surface area contributed by atoms with Gasteiger partial charge in [-0.05, 0) is 48.9 Å². The van der Waals surface area contributed by atoms with E-state index in [4.69, 9.17) is 4.42 Å². The molecule has 1 N–H and O–H groups in total. The molecule has 1 saturated heterocycles. The minimum Gasteiger partial charge on any atom is -0.465 e. The summed E-state index contributed by atoms with van der Waals surface area (Å²) in [5.41, 5.74) is 0.490. The SMILES string of the molecule is CN1CCCC1=NS(=O)(=O)c1ccc(NC(=O)C=Cc2ccco2)cc1. The Morgan fingerprint density at radius 2 is 2.04 bits per heavy atom. The topological polar surface area (TPSA) is 92.0 Å². The summed E-state index contributed by atoms with van der Waals surface area (Å²) in [5.74, 6) is 0.799. The number of nitrogens with zero attached hydrogens (tertiary/aromatic N) is 2. The molecule has 0 saturated carbocycles. The Hall–Kier alpha value is -2.87. The molecule has 1 amide bonds. The maximum absolute atomic E-state index is 12.4. The molecular weight excluding hydrogens is 354 g/mol. The van der Waals surface area contributed by atoms with Crippen LogP contribution in [0.3, 0.4) is 0 Å². The Morgan fingerprint density at radius 3 is 2.65 bits per heavy atom. The number of carbonyl (C=O) groups excluding carboxylic acids is 1. The summed E-state index contributed by atoms with van der Waals surface area (Å²) in [4.78, 5) is 13.8. The van der Waals surface area contributed by atoms with E-state index in [0.29, 0.717) is 23.7 Å². The number of hydrogen-bond acceptors (Lipinski definition) is 4. The number of furan rings is 1. The van der Waals surface area contributed by atoms with Crippen molar-refractivity contribution in [2.75, 3.05) is 18.9 Å². The molecule has 7 nitrogen and oxygen atoms in total. The van der Waals surface area contributed by atoms with Gasteiger partial charge in [0.15, 0.2) is 0 Å². The first-order valence-electron chi connectivity index (χ1n) is 8.12. The zero-order valence-electron chi connectivity index (χ0n) is 14.3. The maximum Gasteiger partial charge on any atom is 0.283 e. The highest BCUT2D eigenvalue weighted by atomic mass is 32.2. The number of sulfonamides is 1. The summed E-state index contributed by atoms with van der Waals surface area (Å²) in [5, 5.41) is 2.66. The monoisotopic (exact) mass is 373 g/mol. The van der Waals surface area contributed by atoms with Gasteiger partial charge in [0, 0.05) is 31.8 Å². The summed E-state index contributed by atoms with van der Waals surface area (Å²) in [7, 11) is -1.92. The smallest absolute Gasteiger partial charge is 0.283 e. The summed E-state index contributed by atoms with van der Waals surface area (Å²) < 4.78 is 33.8. The molecule has 1 aromatic carbocycles. The Kier molecular flexibility index (Phi) is 5.22. The van der Waals surface area contributed by atoms with Crippen LogP contribution in [0.25, 0.3) is 6.08 Å². The molecule has 8 heteroatoms. The first-order chi connectivity index (χ1) is 12.4. The van der Waals surface area contributed by atoms with E-state index in [-0.39, 0.29) is 10.8 Å². The highest BCUT2D eigenvalue weighted by Gasteiger charge is 2.20. The Morgan fingerprint density at radius 1 is 1.27 bits per heavy atom. The molecule has 136 valence electrons.